The van der Waals surface area contributed by atoms with Crippen LogP contribution in [0.5, 0.6) is 0 Å². The van der Waals surface area contributed by atoms with Crippen LogP contribution < -0.4 is 0 Å². The van der Waals surface area contributed by atoms with Crippen LogP contribution in [-0.2, 0) is 3.74 Å². The molecular weight excluding hydrogens is 299 g/mol. The van der Waals surface area contributed by atoms with Crippen molar-refractivity contribution in [3.05, 3.63) is 54.6 Å². The van der Waals surface area contributed by atoms with Gasteiger partial charge in [-0.15, -0.1) is 0 Å². The first-order valence-electron chi connectivity index (χ1n) is 4.95. The van der Waals surface area contributed by atoms with Crippen LogP contribution in [0.15, 0.2) is 59.5 Å². The molecule has 0 aliphatic rings. The Morgan fingerprint density at radius 2 is 1.35 bits per heavy atom. The summed E-state index contributed by atoms with van der Waals surface area (Å²) in [5.74, 6) is 0. The van der Waals surface area contributed by atoms with E-state index in [4.69, 9.17) is 8.19 Å². The fraction of sp³-hybridized carbons (Fsp3) is 0. The van der Waals surface area contributed by atoms with Crippen molar-refractivity contribution in [2.75, 3.05) is 0 Å². The number of benzene rings is 2. The molecule has 2 aromatic carbocycles. The van der Waals surface area contributed by atoms with E-state index in [0.29, 0.717) is 14.9 Å². The SMILES string of the molecule is O=[As](O)(O)Sc1ccc(-c2ccccc2)cc1. The first-order valence-corrected chi connectivity index (χ1v) is 10.5. The molecule has 88 valence electrons. The average Bonchev–Trinajstić information content (AvgIpc) is 2.29. The standard InChI is InChI=1S/C12H11AsO3S/c14-13(15,16)17-12-8-6-11(7-9-12)10-4-2-1-3-5-10/h1-9H,(H2,14,15,16). The average molecular weight is 310 g/mol. The number of hydrogen-bond acceptors (Lipinski definition) is 2. The topological polar surface area (TPSA) is 57.5 Å². The summed E-state index contributed by atoms with van der Waals surface area (Å²) >= 11 is -4.65. The van der Waals surface area contributed by atoms with Crippen LogP contribution >= 0.6 is 10.0 Å². The van der Waals surface area contributed by atoms with Gasteiger partial charge in [-0.2, -0.15) is 0 Å². The molecule has 0 radical (unpaired) electrons. The van der Waals surface area contributed by atoms with Gasteiger partial charge in [0.15, 0.2) is 0 Å². The first kappa shape index (κ1) is 12.5. The second-order valence-electron chi connectivity index (χ2n) is 3.47. The van der Waals surface area contributed by atoms with Crippen molar-refractivity contribution in [1.82, 2.24) is 0 Å². The Hall–Kier alpha value is -0.932. The molecule has 0 aromatic heterocycles. The Morgan fingerprint density at radius 1 is 0.824 bits per heavy atom. The van der Waals surface area contributed by atoms with E-state index >= 15 is 0 Å². The second-order valence-corrected chi connectivity index (χ2v) is 9.81. The zero-order chi connectivity index (χ0) is 12.3. The molecule has 5 heteroatoms. The zero-order valence-corrected chi connectivity index (χ0v) is 11.5. The van der Waals surface area contributed by atoms with Gasteiger partial charge in [0.25, 0.3) is 0 Å². The van der Waals surface area contributed by atoms with Crippen LogP contribution in [0.2, 0.25) is 0 Å². The fourth-order valence-corrected chi connectivity index (χ4v) is 4.50. The van der Waals surface area contributed by atoms with Crippen LogP contribution in [0.1, 0.15) is 0 Å². The maximum atomic E-state index is 10.9. The van der Waals surface area contributed by atoms with Gasteiger partial charge in [0.05, 0.1) is 0 Å². The summed E-state index contributed by atoms with van der Waals surface area (Å²) in [6.45, 7) is 0. The van der Waals surface area contributed by atoms with Crippen molar-refractivity contribution in [2.24, 2.45) is 0 Å². The minimum absolute atomic E-state index is 0.595. The summed E-state index contributed by atoms with van der Waals surface area (Å²) in [7, 11) is 0.632. The van der Waals surface area contributed by atoms with Gasteiger partial charge in [0, 0.05) is 0 Å². The normalized spacial score (nSPS) is 11.4. The van der Waals surface area contributed by atoms with Gasteiger partial charge in [-0.3, -0.25) is 0 Å². The summed E-state index contributed by atoms with van der Waals surface area (Å²) in [6, 6.07) is 17.0. The van der Waals surface area contributed by atoms with E-state index in [0.717, 1.165) is 11.1 Å². The second kappa shape index (κ2) is 5.15. The molecule has 0 saturated carbocycles. The number of rotatable bonds is 3. The van der Waals surface area contributed by atoms with Gasteiger partial charge < -0.3 is 0 Å². The van der Waals surface area contributed by atoms with Crippen molar-refractivity contribution >= 4 is 23.0 Å². The van der Waals surface area contributed by atoms with Gasteiger partial charge in [-0.25, -0.2) is 0 Å². The van der Waals surface area contributed by atoms with Crippen molar-refractivity contribution in [1.29, 1.82) is 0 Å². The molecular formula is C12H11AsO3S. The van der Waals surface area contributed by atoms with E-state index < -0.39 is 13.0 Å². The van der Waals surface area contributed by atoms with Crippen LogP contribution in [0, 0.1) is 0 Å². The molecule has 0 amide bonds. The van der Waals surface area contributed by atoms with Crippen molar-refractivity contribution in [3.63, 3.8) is 0 Å². The molecule has 0 atom stereocenters. The zero-order valence-electron chi connectivity index (χ0n) is 8.85. The molecule has 0 aliphatic heterocycles. The molecule has 0 saturated heterocycles. The van der Waals surface area contributed by atoms with Crippen LogP contribution in [-0.4, -0.2) is 21.2 Å². The summed E-state index contributed by atoms with van der Waals surface area (Å²) < 4.78 is 28.7. The molecule has 0 unspecified atom stereocenters. The van der Waals surface area contributed by atoms with E-state index in [1.807, 2.05) is 42.5 Å². The van der Waals surface area contributed by atoms with Crippen LogP contribution in [0.4, 0.5) is 0 Å². The molecule has 3 nitrogen and oxygen atoms in total. The molecule has 0 heterocycles. The molecule has 0 spiro atoms. The molecule has 17 heavy (non-hydrogen) atoms. The third kappa shape index (κ3) is 3.79. The Labute approximate surface area is 105 Å². The Bertz CT molecular complexity index is 533. The molecule has 2 aromatic rings. The summed E-state index contributed by atoms with van der Waals surface area (Å²) in [4.78, 5) is 0.595. The number of hydrogen-bond donors (Lipinski definition) is 2. The molecule has 2 rings (SSSR count). The van der Waals surface area contributed by atoms with Gasteiger partial charge in [0.1, 0.15) is 0 Å². The van der Waals surface area contributed by atoms with Crippen molar-refractivity contribution in [3.8, 4) is 11.1 Å². The third-order valence-corrected chi connectivity index (χ3v) is 5.73. The van der Waals surface area contributed by atoms with E-state index in [-0.39, 0.29) is 0 Å². The van der Waals surface area contributed by atoms with E-state index in [1.165, 1.54) is 0 Å². The quantitative estimate of drug-likeness (QED) is 0.854. The van der Waals surface area contributed by atoms with Gasteiger partial charge in [0.2, 0.25) is 0 Å². The predicted molar refractivity (Wildman–Crippen MR) is 68.6 cm³/mol. The minimum atomic E-state index is -4.65. The van der Waals surface area contributed by atoms with Gasteiger partial charge in [-0.1, -0.05) is 0 Å². The van der Waals surface area contributed by atoms with E-state index in [9.17, 15) is 3.74 Å². The molecule has 0 fully saturated rings. The molecule has 0 bridgehead atoms. The Kier molecular flexibility index (Phi) is 3.79. The molecule has 2 N–H and O–H groups in total. The Morgan fingerprint density at radius 3 is 1.88 bits per heavy atom. The van der Waals surface area contributed by atoms with E-state index in [1.54, 1.807) is 12.1 Å². The summed E-state index contributed by atoms with van der Waals surface area (Å²) in [5, 5.41) is 0. The summed E-state index contributed by atoms with van der Waals surface area (Å²) in [6.07, 6.45) is 0. The summed E-state index contributed by atoms with van der Waals surface area (Å²) in [5.41, 5.74) is 2.12. The fourth-order valence-electron chi connectivity index (χ4n) is 1.48. The first-order chi connectivity index (χ1) is 8.04. The van der Waals surface area contributed by atoms with Crippen molar-refractivity contribution < 1.29 is 11.9 Å². The maximum absolute atomic E-state index is 10.9. The molecule has 0 aliphatic carbocycles. The predicted octanol–water partition coefficient (Wildman–Crippen LogP) is 2.30. The van der Waals surface area contributed by atoms with Crippen molar-refractivity contribution in [2.45, 2.75) is 4.90 Å². The van der Waals surface area contributed by atoms with Gasteiger partial charge in [-0.05, 0) is 0 Å². The monoisotopic (exact) mass is 310 g/mol. The van der Waals surface area contributed by atoms with Crippen LogP contribution in [0.3, 0.4) is 0 Å². The van der Waals surface area contributed by atoms with Crippen LogP contribution in [0.25, 0.3) is 11.1 Å². The van der Waals surface area contributed by atoms with E-state index in [2.05, 4.69) is 0 Å². The van der Waals surface area contributed by atoms with Gasteiger partial charge >= 0.3 is 106 Å². The Balaban J connectivity index is 2.22. The third-order valence-electron chi connectivity index (χ3n) is 2.19.